The molecule has 182 valence electrons. The zero-order valence-corrected chi connectivity index (χ0v) is 16.8. The van der Waals surface area contributed by atoms with Crippen LogP contribution in [0, 0.1) is 0 Å². The van der Waals surface area contributed by atoms with Crippen LogP contribution in [0.3, 0.4) is 0 Å². The smallest absolute Gasteiger partial charge is 0.217 e. The Bertz CT molecular complexity index is 568. The average molecular weight is 457 g/mol. The fourth-order valence-electron chi connectivity index (χ4n) is 3.35. The van der Waals surface area contributed by atoms with Crippen molar-refractivity contribution in [1.82, 2.24) is 5.32 Å². The predicted molar refractivity (Wildman–Crippen MR) is 97.0 cm³/mol. The number of carbonyl (C=O) groups excluding carboxylic acids is 1. The Morgan fingerprint density at radius 2 is 1.52 bits per heavy atom. The van der Waals surface area contributed by atoms with Crippen LogP contribution >= 0.6 is 0 Å². The number of carbonyl (C=O) groups is 1. The topological polar surface area (TPSA) is 228 Å². The number of amides is 1. The van der Waals surface area contributed by atoms with Gasteiger partial charge >= 0.3 is 0 Å². The molecule has 2 rings (SSSR count). The molecule has 2 heterocycles. The summed E-state index contributed by atoms with van der Waals surface area (Å²) >= 11 is 0. The van der Waals surface area contributed by atoms with Gasteiger partial charge in [-0.3, -0.25) is 4.79 Å². The van der Waals surface area contributed by atoms with Crippen molar-refractivity contribution in [1.29, 1.82) is 0 Å². The molecule has 0 unspecified atom stereocenters. The maximum Gasteiger partial charge on any atom is 0.217 e. The minimum absolute atomic E-state index is 0.439. The van der Waals surface area contributed by atoms with Crippen LogP contribution in [0.15, 0.2) is 0 Å². The second-order valence-electron chi connectivity index (χ2n) is 7.41. The van der Waals surface area contributed by atoms with E-state index in [1.165, 1.54) is 0 Å². The molecule has 0 aromatic rings. The van der Waals surface area contributed by atoms with Crippen molar-refractivity contribution in [3.63, 3.8) is 0 Å². The van der Waals surface area contributed by atoms with E-state index in [4.69, 9.17) is 24.1 Å². The van der Waals surface area contributed by atoms with Crippen LogP contribution in [0.4, 0.5) is 0 Å². The number of rotatable bonds is 9. The van der Waals surface area contributed by atoms with Gasteiger partial charge in [-0.15, -0.1) is 0 Å². The van der Waals surface area contributed by atoms with Gasteiger partial charge in [-0.1, -0.05) is 0 Å². The van der Waals surface area contributed by atoms with Crippen molar-refractivity contribution in [2.75, 3.05) is 26.4 Å². The average Bonchev–Trinajstić information content (AvgIpc) is 2.74. The Kier molecular flexibility index (Phi) is 9.94. The molecule has 0 aromatic carbocycles. The van der Waals surface area contributed by atoms with Crippen LogP contribution in [0.5, 0.6) is 0 Å². The normalized spacial score (nSPS) is 42.2. The summed E-state index contributed by atoms with van der Waals surface area (Å²) in [4.78, 5) is 11.5. The summed E-state index contributed by atoms with van der Waals surface area (Å²) < 4.78 is 21.5. The van der Waals surface area contributed by atoms with Gasteiger partial charge in [0.2, 0.25) is 5.91 Å². The first kappa shape index (κ1) is 26.2. The monoisotopic (exact) mass is 457 g/mol. The molecule has 1 amide bonds. The number of nitrogens with one attached hydrogen (secondary N) is 1. The Labute approximate surface area is 177 Å². The molecular formula is C17H31NO13. The largest absolute Gasteiger partial charge is 0.394 e. The molecule has 2 aliphatic rings. The zero-order valence-electron chi connectivity index (χ0n) is 16.8. The van der Waals surface area contributed by atoms with Crippen LogP contribution in [-0.2, 0) is 23.7 Å². The third kappa shape index (κ3) is 6.28. The summed E-state index contributed by atoms with van der Waals surface area (Å²) in [6.45, 7) is -1.31. The molecular weight excluding hydrogens is 426 g/mol. The molecule has 0 saturated carbocycles. The van der Waals surface area contributed by atoms with Crippen LogP contribution < -0.4 is 5.32 Å². The fourth-order valence-corrected chi connectivity index (χ4v) is 3.35. The molecule has 0 radical (unpaired) electrons. The molecule has 2 aliphatic heterocycles. The molecule has 2 fully saturated rings. The number of hydrogen-bond donors (Lipinski definition) is 9. The maximum atomic E-state index is 11.5. The Balaban J connectivity index is 2.21. The van der Waals surface area contributed by atoms with Crippen LogP contribution in [0.2, 0.25) is 0 Å². The SMILES string of the molecule is CC(=O)N[C@H]1[C@H](O[C@H]2[C@@H](O)[C@@H](CO)O[C@H](OC[C@H](O)CO)[C@@H]2O)O[C@H](CO)[C@H](O)[C@@H]1O. The molecule has 11 atom stereocenters. The predicted octanol–water partition coefficient (Wildman–Crippen LogP) is -5.88. The van der Waals surface area contributed by atoms with E-state index >= 15 is 0 Å². The van der Waals surface area contributed by atoms with Gasteiger partial charge in [0, 0.05) is 6.92 Å². The molecule has 14 nitrogen and oxygen atoms in total. The third-order valence-electron chi connectivity index (χ3n) is 5.03. The zero-order chi connectivity index (χ0) is 23.3. The van der Waals surface area contributed by atoms with E-state index in [1.54, 1.807) is 0 Å². The van der Waals surface area contributed by atoms with Crippen molar-refractivity contribution in [3.8, 4) is 0 Å². The highest BCUT2D eigenvalue weighted by Crippen LogP contribution is 2.29. The number of hydrogen-bond acceptors (Lipinski definition) is 13. The lowest BCUT2D eigenvalue weighted by atomic mass is 9.95. The molecule has 0 aliphatic carbocycles. The minimum Gasteiger partial charge on any atom is -0.394 e. The molecule has 0 bridgehead atoms. The lowest BCUT2D eigenvalue weighted by Gasteiger charge is -2.47. The van der Waals surface area contributed by atoms with E-state index in [2.05, 4.69) is 5.32 Å². The Morgan fingerprint density at radius 3 is 2.06 bits per heavy atom. The molecule has 0 aromatic heterocycles. The molecule has 0 spiro atoms. The van der Waals surface area contributed by atoms with Gasteiger partial charge in [0.05, 0.1) is 26.4 Å². The van der Waals surface area contributed by atoms with Gasteiger partial charge in [0.25, 0.3) is 0 Å². The standard InChI is InChI=1S/C17H31NO13/c1-6(22)18-10-13(26)11(24)8(3-20)29-16(10)31-15-12(25)9(4-21)30-17(14(15)27)28-5-7(23)2-19/h7-17,19-21,23-27H,2-5H2,1H3,(H,18,22)/t7-,8-,9-,10-,11+,12+,13-,14-,15+,16+,17+/m1/s1. The van der Waals surface area contributed by atoms with Gasteiger partial charge in [-0.2, -0.15) is 0 Å². The second-order valence-corrected chi connectivity index (χ2v) is 7.41. The highest BCUT2D eigenvalue weighted by atomic mass is 16.7. The van der Waals surface area contributed by atoms with Crippen molar-refractivity contribution in [2.24, 2.45) is 0 Å². The van der Waals surface area contributed by atoms with Gasteiger partial charge in [0.1, 0.15) is 54.9 Å². The second kappa shape index (κ2) is 11.7. The van der Waals surface area contributed by atoms with Gasteiger partial charge in [-0.05, 0) is 0 Å². The van der Waals surface area contributed by atoms with E-state index in [9.17, 15) is 40.5 Å². The van der Waals surface area contributed by atoms with E-state index in [1.807, 2.05) is 0 Å². The Morgan fingerprint density at radius 1 is 0.935 bits per heavy atom. The number of aliphatic hydroxyl groups excluding tert-OH is 8. The van der Waals surface area contributed by atoms with E-state index in [-0.39, 0.29) is 0 Å². The first-order chi connectivity index (χ1) is 14.6. The summed E-state index contributed by atoms with van der Waals surface area (Å²) in [5.74, 6) is -0.601. The lowest BCUT2D eigenvalue weighted by molar-refractivity contribution is -0.349. The number of aliphatic hydroxyl groups is 8. The van der Waals surface area contributed by atoms with Crippen LogP contribution in [-0.4, -0.2) is 141 Å². The molecule has 14 heteroatoms. The van der Waals surface area contributed by atoms with Crippen LogP contribution in [0.1, 0.15) is 6.92 Å². The minimum atomic E-state index is -1.69. The Hall–Kier alpha value is -1.01. The lowest BCUT2D eigenvalue weighted by Crippen LogP contribution is -2.67. The first-order valence-electron chi connectivity index (χ1n) is 9.72. The third-order valence-corrected chi connectivity index (χ3v) is 5.03. The van der Waals surface area contributed by atoms with Gasteiger partial charge in [-0.25, -0.2) is 0 Å². The summed E-state index contributed by atoms with van der Waals surface area (Å²) in [5, 5.41) is 81.0. The molecule has 9 N–H and O–H groups in total. The van der Waals surface area contributed by atoms with E-state index in [0.717, 1.165) is 6.92 Å². The van der Waals surface area contributed by atoms with Crippen molar-refractivity contribution < 1.29 is 64.6 Å². The summed E-state index contributed by atoms with van der Waals surface area (Å²) in [6.07, 6.45) is -14.9. The number of ether oxygens (including phenoxy) is 4. The quantitative estimate of drug-likeness (QED) is 0.157. The highest BCUT2D eigenvalue weighted by molar-refractivity contribution is 5.73. The van der Waals surface area contributed by atoms with Crippen LogP contribution in [0.25, 0.3) is 0 Å². The van der Waals surface area contributed by atoms with E-state index in [0.29, 0.717) is 0 Å². The highest BCUT2D eigenvalue weighted by Gasteiger charge is 2.51. The molecule has 31 heavy (non-hydrogen) atoms. The van der Waals surface area contributed by atoms with Crippen molar-refractivity contribution in [3.05, 3.63) is 0 Å². The van der Waals surface area contributed by atoms with Gasteiger partial charge < -0.3 is 65.1 Å². The first-order valence-corrected chi connectivity index (χ1v) is 9.72. The summed E-state index contributed by atoms with van der Waals surface area (Å²) in [7, 11) is 0. The van der Waals surface area contributed by atoms with Gasteiger partial charge in [0.15, 0.2) is 12.6 Å². The summed E-state index contributed by atoms with van der Waals surface area (Å²) in [6, 6.07) is -1.33. The fraction of sp³-hybridized carbons (Fsp3) is 0.941. The van der Waals surface area contributed by atoms with Crippen molar-refractivity contribution >= 4 is 5.91 Å². The van der Waals surface area contributed by atoms with E-state index < -0.39 is 99.8 Å². The molecule has 2 saturated heterocycles. The van der Waals surface area contributed by atoms with Crippen molar-refractivity contribution in [2.45, 2.75) is 74.4 Å². The maximum absolute atomic E-state index is 11.5. The summed E-state index contributed by atoms with van der Waals surface area (Å²) in [5.41, 5.74) is 0.